The maximum atomic E-state index is 12.5. The van der Waals surface area contributed by atoms with Gasteiger partial charge in [0.2, 0.25) is 0 Å². The summed E-state index contributed by atoms with van der Waals surface area (Å²) < 4.78 is 7.04. The second-order valence-corrected chi connectivity index (χ2v) is 4.51. The molecule has 18 heavy (non-hydrogen) atoms. The van der Waals surface area contributed by atoms with Gasteiger partial charge in [-0.1, -0.05) is 0 Å². The van der Waals surface area contributed by atoms with Gasteiger partial charge in [-0.15, -0.1) is 0 Å². The van der Waals surface area contributed by atoms with E-state index in [-0.39, 0.29) is 11.9 Å². The van der Waals surface area contributed by atoms with Crippen LogP contribution in [0.5, 0.6) is 0 Å². The van der Waals surface area contributed by atoms with Gasteiger partial charge in [0.15, 0.2) is 0 Å². The Labute approximate surface area is 105 Å². The minimum atomic E-state index is 0.0221. The van der Waals surface area contributed by atoms with E-state index in [9.17, 15) is 4.79 Å². The van der Waals surface area contributed by atoms with Crippen LogP contribution in [0.25, 0.3) is 0 Å². The Kier molecular flexibility index (Phi) is 2.66. The second-order valence-electron chi connectivity index (χ2n) is 4.51. The van der Waals surface area contributed by atoms with Crippen LogP contribution in [0.1, 0.15) is 35.1 Å². The molecule has 0 bridgehead atoms. The fourth-order valence-electron chi connectivity index (χ4n) is 2.52. The maximum Gasteiger partial charge on any atom is 0.272 e. The average Bonchev–Trinajstić information content (AvgIpc) is 3.09. The summed E-state index contributed by atoms with van der Waals surface area (Å²) in [5.74, 6) is 0.886. The van der Waals surface area contributed by atoms with E-state index < -0.39 is 0 Å². The third-order valence-corrected chi connectivity index (χ3v) is 3.43. The molecule has 0 aromatic carbocycles. The lowest BCUT2D eigenvalue weighted by atomic mass is 10.1. The Balaban J connectivity index is 1.88. The summed E-state index contributed by atoms with van der Waals surface area (Å²) in [6.07, 6.45) is 5.26. The van der Waals surface area contributed by atoms with Crippen LogP contribution >= 0.6 is 0 Å². The highest BCUT2D eigenvalue weighted by molar-refractivity contribution is 5.92. The van der Waals surface area contributed by atoms with Crippen molar-refractivity contribution in [2.24, 2.45) is 7.05 Å². The normalized spacial score (nSPS) is 19.4. The summed E-state index contributed by atoms with van der Waals surface area (Å²) >= 11 is 0. The van der Waals surface area contributed by atoms with Gasteiger partial charge in [-0.05, 0) is 31.0 Å². The van der Waals surface area contributed by atoms with Crippen LogP contribution in [-0.4, -0.2) is 27.1 Å². The van der Waals surface area contributed by atoms with Crippen LogP contribution in [0.2, 0.25) is 0 Å². The summed E-state index contributed by atoms with van der Waals surface area (Å²) in [6, 6.07) is 5.60. The predicted molar refractivity (Wildman–Crippen MR) is 64.9 cm³/mol. The van der Waals surface area contributed by atoms with Crippen LogP contribution in [0, 0.1) is 0 Å². The molecule has 0 radical (unpaired) electrons. The Morgan fingerprint density at radius 1 is 1.50 bits per heavy atom. The molecule has 1 fully saturated rings. The highest BCUT2D eigenvalue weighted by atomic mass is 16.3. The van der Waals surface area contributed by atoms with Crippen molar-refractivity contribution in [3.05, 3.63) is 42.1 Å². The van der Waals surface area contributed by atoms with Gasteiger partial charge in [-0.25, -0.2) is 0 Å². The van der Waals surface area contributed by atoms with Crippen molar-refractivity contribution in [1.29, 1.82) is 0 Å². The lowest BCUT2D eigenvalue weighted by Crippen LogP contribution is -2.31. The SMILES string of the molecule is Cn1nccc1C(=O)N1CCCC1c1ccco1. The minimum absolute atomic E-state index is 0.0221. The Bertz CT molecular complexity index is 544. The summed E-state index contributed by atoms with van der Waals surface area (Å²) in [7, 11) is 1.78. The molecule has 0 saturated carbocycles. The molecule has 1 atom stereocenters. The molecule has 1 amide bonds. The lowest BCUT2D eigenvalue weighted by molar-refractivity contribution is 0.0708. The molecule has 1 aliphatic rings. The van der Waals surface area contributed by atoms with Gasteiger partial charge in [0.1, 0.15) is 11.5 Å². The number of likely N-dealkylation sites (tertiary alicyclic amines) is 1. The number of aryl methyl sites for hydroxylation is 1. The highest BCUT2D eigenvalue weighted by Gasteiger charge is 2.33. The zero-order valence-electron chi connectivity index (χ0n) is 10.2. The molecule has 1 aliphatic heterocycles. The first kappa shape index (κ1) is 11.1. The molecule has 3 rings (SSSR count). The monoisotopic (exact) mass is 245 g/mol. The molecule has 1 saturated heterocycles. The third kappa shape index (κ3) is 1.72. The molecule has 2 aromatic rings. The molecule has 94 valence electrons. The summed E-state index contributed by atoms with van der Waals surface area (Å²) in [4.78, 5) is 14.3. The van der Waals surface area contributed by atoms with Crippen LogP contribution < -0.4 is 0 Å². The van der Waals surface area contributed by atoms with E-state index in [2.05, 4.69) is 5.10 Å². The van der Waals surface area contributed by atoms with Gasteiger partial charge in [0.05, 0.1) is 12.3 Å². The molecule has 2 aromatic heterocycles. The van der Waals surface area contributed by atoms with Gasteiger partial charge >= 0.3 is 0 Å². The number of carbonyl (C=O) groups excluding carboxylic acids is 1. The average molecular weight is 245 g/mol. The first-order valence-corrected chi connectivity index (χ1v) is 6.10. The van der Waals surface area contributed by atoms with E-state index in [1.54, 1.807) is 30.3 Å². The molecule has 1 unspecified atom stereocenters. The highest BCUT2D eigenvalue weighted by Crippen LogP contribution is 2.33. The lowest BCUT2D eigenvalue weighted by Gasteiger charge is -2.22. The van der Waals surface area contributed by atoms with E-state index in [0.717, 1.165) is 25.1 Å². The van der Waals surface area contributed by atoms with Crippen molar-refractivity contribution >= 4 is 5.91 Å². The van der Waals surface area contributed by atoms with E-state index in [1.807, 2.05) is 17.0 Å². The van der Waals surface area contributed by atoms with Gasteiger partial charge in [-0.2, -0.15) is 5.10 Å². The van der Waals surface area contributed by atoms with Crippen molar-refractivity contribution in [1.82, 2.24) is 14.7 Å². The zero-order chi connectivity index (χ0) is 12.5. The van der Waals surface area contributed by atoms with E-state index in [1.165, 1.54) is 0 Å². The molecule has 0 N–H and O–H groups in total. The largest absolute Gasteiger partial charge is 0.467 e. The standard InChI is InChI=1S/C13H15N3O2/c1-15-11(6-7-14-15)13(17)16-8-2-4-10(16)12-5-3-9-18-12/h3,5-7,9-10H,2,4,8H2,1H3. The molecule has 3 heterocycles. The number of hydrogen-bond donors (Lipinski definition) is 0. The number of nitrogens with zero attached hydrogens (tertiary/aromatic N) is 3. The van der Waals surface area contributed by atoms with Gasteiger partial charge < -0.3 is 9.32 Å². The Morgan fingerprint density at radius 3 is 3.06 bits per heavy atom. The Morgan fingerprint density at radius 2 is 2.39 bits per heavy atom. The van der Waals surface area contributed by atoms with Crippen molar-refractivity contribution in [2.45, 2.75) is 18.9 Å². The first-order valence-electron chi connectivity index (χ1n) is 6.10. The molecular formula is C13H15N3O2. The third-order valence-electron chi connectivity index (χ3n) is 3.43. The molecular weight excluding hydrogens is 230 g/mol. The topological polar surface area (TPSA) is 51.3 Å². The van der Waals surface area contributed by atoms with Gasteiger partial charge in [0.25, 0.3) is 5.91 Å². The van der Waals surface area contributed by atoms with Crippen LogP contribution in [0.15, 0.2) is 35.1 Å². The van der Waals surface area contributed by atoms with Gasteiger partial charge in [-0.3, -0.25) is 9.48 Å². The summed E-state index contributed by atoms with van der Waals surface area (Å²) in [6.45, 7) is 0.773. The predicted octanol–water partition coefficient (Wildman–Crippen LogP) is 1.99. The smallest absolute Gasteiger partial charge is 0.272 e. The van der Waals surface area contributed by atoms with Crippen molar-refractivity contribution < 1.29 is 9.21 Å². The zero-order valence-corrected chi connectivity index (χ0v) is 10.2. The van der Waals surface area contributed by atoms with E-state index in [0.29, 0.717) is 5.69 Å². The molecule has 0 aliphatic carbocycles. The van der Waals surface area contributed by atoms with Crippen LogP contribution in [-0.2, 0) is 7.05 Å². The van der Waals surface area contributed by atoms with Crippen LogP contribution in [0.4, 0.5) is 0 Å². The van der Waals surface area contributed by atoms with Crippen molar-refractivity contribution in [2.75, 3.05) is 6.54 Å². The number of aromatic nitrogens is 2. The second kappa shape index (κ2) is 4.33. The molecule has 0 spiro atoms. The number of furan rings is 1. The first-order chi connectivity index (χ1) is 8.77. The van der Waals surface area contributed by atoms with Crippen molar-refractivity contribution in [3.63, 3.8) is 0 Å². The number of rotatable bonds is 2. The van der Waals surface area contributed by atoms with E-state index in [4.69, 9.17) is 4.42 Å². The molecule has 5 nitrogen and oxygen atoms in total. The number of amides is 1. The van der Waals surface area contributed by atoms with Crippen molar-refractivity contribution in [3.8, 4) is 0 Å². The summed E-state index contributed by atoms with van der Waals surface area (Å²) in [5.41, 5.74) is 0.619. The quantitative estimate of drug-likeness (QED) is 0.813. The summed E-state index contributed by atoms with van der Waals surface area (Å²) in [5, 5.41) is 4.04. The fraction of sp³-hybridized carbons (Fsp3) is 0.385. The number of hydrogen-bond acceptors (Lipinski definition) is 3. The number of carbonyl (C=O) groups is 1. The molecule has 5 heteroatoms. The maximum absolute atomic E-state index is 12.5. The Hall–Kier alpha value is -2.04. The van der Waals surface area contributed by atoms with E-state index >= 15 is 0 Å². The van der Waals surface area contributed by atoms with Gasteiger partial charge in [0, 0.05) is 19.8 Å². The fourth-order valence-corrected chi connectivity index (χ4v) is 2.52. The minimum Gasteiger partial charge on any atom is -0.467 e. The van der Waals surface area contributed by atoms with Crippen LogP contribution in [0.3, 0.4) is 0 Å².